The Labute approximate surface area is 106 Å². The number of nitrogens with zero attached hydrogens (tertiary/aromatic N) is 1. The quantitative estimate of drug-likeness (QED) is 0.752. The highest BCUT2D eigenvalue weighted by atomic mass is 127. The van der Waals surface area contributed by atoms with E-state index in [9.17, 15) is 0 Å². The number of benzene rings is 1. The van der Waals surface area contributed by atoms with Crippen molar-refractivity contribution in [3.63, 3.8) is 0 Å². The van der Waals surface area contributed by atoms with Crippen LogP contribution < -0.4 is 4.90 Å². The third-order valence-corrected chi connectivity index (χ3v) is 4.04. The van der Waals surface area contributed by atoms with Crippen LogP contribution in [0.4, 0.5) is 5.69 Å². The maximum absolute atomic E-state index is 2.50. The summed E-state index contributed by atoms with van der Waals surface area (Å²) < 4.78 is 1.33. The van der Waals surface area contributed by atoms with Crippen LogP contribution in [0.1, 0.15) is 19.4 Å². The summed E-state index contributed by atoms with van der Waals surface area (Å²) >= 11 is 2.39. The molecule has 0 radical (unpaired) electrons. The van der Waals surface area contributed by atoms with Gasteiger partial charge in [0.15, 0.2) is 0 Å². The van der Waals surface area contributed by atoms with Gasteiger partial charge in [0, 0.05) is 22.3 Å². The third-order valence-electron chi connectivity index (χ3n) is 3.36. The van der Waals surface area contributed by atoms with E-state index in [1.54, 1.807) is 0 Å². The van der Waals surface area contributed by atoms with Gasteiger partial charge in [-0.05, 0) is 59.0 Å². The van der Waals surface area contributed by atoms with Gasteiger partial charge in [0.25, 0.3) is 0 Å². The molecule has 0 amide bonds. The number of hydrogen-bond acceptors (Lipinski definition) is 1. The molecule has 82 valence electrons. The van der Waals surface area contributed by atoms with Crippen molar-refractivity contribution in [2.75, 3.05) is 18.0 Å². The van der Waals surface area contributed by atoms with Gasteiger partial charge in [-0.25, -0.2) is 0 Å². The summed E-state index contributed by atoms with van der Waals surface area (Å²) in [5.74, 6) is 1.71. The Bertz CT molecular complexity index is 354. The number of anilines is 1. The van der Waals surface area contributed by atoms with Crippen LogP contribution >= 0.6 is 22.6 Å². The monoisotopic (exact) mass is 315 g/mol. The summed E-state index contributed by atoms with van der Waals surface area (Å²) in [6.45, 7) is 9.32. The molecule has 1 nitrogen and oxygen atoms in total. The molecular weight excluding hydrogens is 297 g/mol. The molecule has 1 fully saturated rings. The summed E-state index contributed by atoms with van der Waals surface area (Å²) in [5, 5.41) is 0. The van der Waals surface area contributed by atoms with Crippen LogP contribution in [0.5, 0.6) is 0 Å². The Balaban J connectivity index is 2.09. The molecular formula is C13H18IN. The predicted octanol–water partition coefficient (Wildman–Crippen LogP) is 3.69. The first-order valence-corrected chi connectivity index (χ1v) is 6.67. The predicted molar refractivity (Wildman–Crippen MR) is 74.4 cm³/mol. The van der Waals surface area contributed by atoms with Crippen LogP contribution in [-0.4, -0.2) is 13.1 Å². The van der Waals surface area contributed by atoms with Crippen molar-refractivity contribution in [3.05, 3.63) is 27.3 Å². The molecule has 1 aliphatic rings. The Hall–Kier alpha value is -0.250. The zero-order valence-corrected chi connectivity index (χ0v) is 11.8. The highest BCUT2D eigenvalue weighted by Gasteiger charge is 2.29. The molecule has 15 heavy (non-hydrogen) atoms. The molecule has 0 aromatic heterocycles. The van der Waals surface area contributed by atoms with E-state index in [0.29, 0.717) is 0 Å². The van der Waals surface area contributed by atoms with Gasteiger partial charge in [0.05, 0.1) is 0 Å². The number of hydrogen-bond donors (Lipinski definition) is 0. The number of rotatable bonds is 2. The fraction of sp³-hybridized carbons (Fsp3) is 0.538. The Morgan fingerprint density at radius 2 is 2.00 bits per heavy atom. The summed E-state index contributed by atoms with van der Waals surface area (Å²) in [7, 11) is 0. The zero-order chi connectivity index (χ0) is 11.0. The lowest BCUT2D eigenvalue weighted by Gasteiger charge is -2.44. The fourth-order valence-electron chi connectivity index (χ4n) is 2.05. The van der Waals surface area contributed by atoms with Gasteiger partial charge >= 0.3 is 0 Å². The van der Waals surface area contributed by atoms with Crippen LogP contribution in [0.2, 0.25) is 0 Å². The average Bonchev–Trinajstić information content (AvgIpc) is 2.08. The molecule has 0 saturated carbocycles. The second kappa shape index (κ2) is 4.32. The SMILES string of the molecule is Cc1ccc(I)cc1N1CC(C(C)C)C1. The molecule has 0 unspecified atom stereocenters. The normalized spacial score (nSPS) is 17.0. The van der Waals surface area contributed by atoms with Crippen LogP contribution in [0.3, 0.4) is 0 Å². The van der Waals surface area contributed by atoms with E-state index in [1.165, 1.54) is 27.9 Å². The van der Waals surface area contributed by atoms with Gasteiger partial charge in [0.1, 0.15) is 0 Å². The highest BCUT2D eigenvalue weighted by molar-refractivity contribution is 14.1. The van der Waals surface area contributed by atoms with Crippen molar-refractivity contribution in [2.45, 2.75) is 20.8 Å². The second-order valence-electron chi connectivity index (χ2n) is 4.84. The molecule has 0 bridgehead atoms. The first-order valence-electron chi connectivity index (χ1n) is 5.59. The van der Waals surface area contributed by atoms with Crippen molar-refractivity contribution in [1.29, 1.82) is 0 Å². The molecule has 0 spiro atoms. The average molecular weight is 315 g/mol. The van der Waals surface area contributed by atoms with Gasteiger partial charge in [-0.1, -0.05) is 19.9 Å². The van der Waals surface area contributed by atoms with Crippen molar-refractivity contribution in [1.82, 2.24) is 0 Å². The first kappa shape index (κ1) is 11.2. The first-order chi connectivity index (χ1) is 7.08. The Morgan fingerprint density at radius 3 is 2.60 bits per heavy atom. The minimum absolute atomic E-state index is 0.823. The van der Waals surface area contributed by atoms with E-state index in [-0.39, 0.29) is 0 Å². The van der Waals surface area contributed by atoms with Crippen LogP contribution in [0.25, 0.3) is 0 Å². The molecule has 1 aromatic rings. The zero-order valence-electron chi connectivity index (χ0n) is 9.63. The van der Waals surface area contributed by atoms with E-state index >= 15 is 0 Å². The molecule has 2 rings (SSSR count). The van der Waals surface area contributed by atoms with E-state index in [0.717, 1.165) is 11.8 Å². The fourth-order valence-corrected chi connectivity index (χ4v) is 2.53. The molecule has 1 saturated heterocycles. The van der Waals surface area contributed by atoms with Gasteiger partial charge < -0.3 is 4.90 Å². The molecule has 0 atom stereocenters. The van der Waals surface area contributed by atoms with Crippen LogP contribution in [-0.2, 0) is 0 Å². The molecule has 0 N–H and O–H groups in total. The van der Waals surface area contributed by atoms with Crippen LogP contribution in [0, 0.1) is 22.3 Å². The van der Waals surface area contributed by atoms with E-state index in [4.69, 9.17) is 0 Å². The third kappa shape index (κ3) is 2.30. The van der Waals surface area contributed by atoms with E-state index in [1.807, 2.05) is 0 Å². The summed E-state index contributed by atoms with van der Waals surface area (Å²) in [6.07, 6.45) is 0. The Kier molecular flexibility index (Phi) is 3.24. The lowest BCUT2D eigenvalue weighted by molar-refractivity contribution is 0.309. The minimum Gasteiger partial charge on any atom is -0.371 e. The highest BCUT2D eigenvalue weighted by Crippen LogP contribution is 2.32. The largest absolute Gasteiger partial charge is 0.371 e. The maximum atomic E-state index is 2.50. The number of halogens is 1. The van der Waals surface area contributed by atoms with Gasteiger partial charge in [-0.15, -0.1) is 0 Å². The van der Waals surface area contributed by atoms with Gasteiger partial charge in [0.2, 0.25) is 0 Å². The number of aryl methyl sites for hydroxylation is 1. The van der Waals surface area contributed by atoms with Crippen molar-refractivity contribution in [3.8, 4) is 0 Å². The lowest BCUT2D eigenvalue weighted by atomic mass is 9.87. The Morgan fingerprint density at radius 1 is 1.33 bits per heavy atom. The standard InChI is InChI=1S/C13H18IN/c1-9(2)11-7-15(8-11)13-6-12(14)5-4-10(13)3/h4-6,9,11H,7-8H2,1-3H3. The van der Waals surface area contributed by atoms with E-state index < -0.39 is 0 Å². The summed E-state index contributed by atoms with van der Waals surface area (Å²) in [6, 6.07) is 6.70. The van der Waals surface area contributed by atoms with Crippen molar-refractivity contribution in [2.24, 2.45) is 11.8 Å². The van der Waals surface area contributed by atoms with Crippen molar-refractivity contribution < 1.29 is 0 Å². The lowest BCUT2D eigenvalue weighted by Crippen LogP contribution is -2.49. The van der Waals surface area contributed by atoms with Crippen LogP contribution in [0.15, 0.2) is 18.2 Å². The summed E-state index contributed by atoms with van der Waals surface area (Å²) in [5.41, 5.74) is 2.83. The molecule has 1 heterocycles. The molecule has 1 aliphatic heterocycles. The van der Waals surface area contributed by atoms with Gasteiger partial charge in [-0.3, -0.25) is 0 Å². The van der Waals surface area contributed by atoms with Crippen molar-refractivity contribution >= 4 is 28.3 Å². The maximum Gasteiger partial charge on any atom is 0.0406 e. The topological polar surface area (TPSA) is 3.24 Å². The van der Waals surface area contributed by atoms with Gasteiger partial charge in [-0.2, -0.15) is 0 Å². The molecule has 1 aromatic carbocycles. The second-order valence-corrected chi connectivity index (χ2v) is 6.09. The molecule has 0 aliphatic carbocycles. The van der Waals surface area contributed by atoms with E-state index in [2.05, 4.69) is 66.5 Å². The smallest absolute Gasteiger partial charge is 0.0406 e. The minimum atomic E-state index is 0.823. The molecule has 2 heteroatoms. The summed E-state index contributed by atoms with van der Waals surface area (Å²) in [4.78, 5) is 2.50.